The number of fused-ring (bicyclic) bond motifs is 1. The molecule has 1 aromatic carbocycles. The second-order valence-electron chi connectivity index (χ2n) is 6.87. The van der Waals surface area contributed by atoms with Gasteiger partial charge in [-0.3, -0.25) is 24.3 Å². The molecule has 1 aliphatic rings. The van der Waals surface area contributed by atoms with Crippen molar-refractivity contribution in [3.05, 3.63) is 59.3 Å². The number of amides is 3. The van der Waals surface area contributed by atoms with Gasteiger partial charge in [0.2, 0.25) is 5.91 Å². The normalized spacial score (nSPS) is 15.1. The van der Waals surface area contributed by atoms with Gasteiger partial charge in [0.15, 0.2) is 4.34 Å². The van der Waals surface area contributed by atoms with E-state index in [1.165, 1.54) is 0 Å². The number of pyridine rings is 1. The third-order valence-corrected chi connectivity index (χ3v) is 7.73. The zero-order valence-electron chi connectivity index (χ0n) is 17.0. The summed E-state index contributed by atoms with van der Waals surface area (Å²) >= 11 is 4.21. The Balaban J connectivity index is 1.16. The number of hydrogen-bond donors (Lipinski definition) is 1. The van der Waals surface area contributed by atoms with Crippen LogP contribution in [-0.4, -0.2) is 50.8 Å². The Kier molecular flexibility index (Phi) is 7.56. The van der Waals surface area contributed by atoms with Gasteiger partial charge in [0, 0.05) is 37.7 Å². The van der Waals surface area contributed by atoms with Crippen molar-refractivity contribution in [2.75, 3.05) is 18.8 Å². The van der Waals surface area contributed by atoms with Gasteiger partial charge in [-0.1, -0.05) is 30.0 Å². The van der Waals surface area contributed by atoms with Crippen molar-refractivity contribution < 1.29 is 14.4 Å². The minimum Gasteiger partial charge on any atom is -0.354 e. The number of imide groups is 1. The molecule has 0 saturated carbocycles. The zero-order chi connectivity index (χ0) is 22.3. The minimum absolute atomic E-state index is 0.0900. The molecule has 1 aliphatic heterocycles. The molecular weight excluding hydrogens is 464 g/mol. The molecular formula is C22H20N4O3S3. The Morgan fingerprint density at radius 1 is 1.19 bits per heavy atom. The maximum absolute atomic E-state index is 12.5. The number of nitrogens with one attached hydrogen (secondary N) is 1. The number of aromatic nitrogens is 2. The first-order valence-electron chi connectivity index (χ1n) is 10.0. The summed E-state index contributed by atoms with van der Waals surface area (Å²) in [6.45, 7) is 0.392. The Morgan fingerprint density at radius 3 is 2.88 bits per heavy atom. The van der Waals surface area contributed by atoms with Gasteiger partial charge in [-0.15, -0.1) is 11.3 Å². The highest BCUT2D eigenvalue weighted by molar-refractivity contribution is 8.18. The van der Waals surface area contributed by atoms with E-state index < -0.39 is 0 Å². The fraction of sp³-hybridized carbons (Fsp3) is 0.227. The van der Waals surface area contributed by atoms with Crippen LogP contribution in [0.25, 0.3) is 16.3 Å². The minimum atomic E-state index is -0.342. The molecule has 1 fully saturated rings. The van der Waals surface area contributed by atoms with Gasteiger partial charge < -0.3 is 5.32 Å². The van der Waals surface area contributed by atoms with Crippen LogP contribution < -0.4 is 5.32 Å². The number of thioether (sulfide) groups is 2. The molecule has 32 heavy (non-hydrogen) atoms. The first-order valence-corrected chi connectivity index (χ1v) is 12.6. The van der Waals surface area contributed by atoms with Crippen LogP contribution in [0.4, 0.5) is 4.79 Å². The van der Waals surface area contributed by atoms with E-state index in [1.807, 2.05) is 24.3 Å². The van der Waals surface area contributed by atoms with Crippen LogP contribution >= 0.6 is 34.9 Å². The summed E-state index contributed by atoms with van der Waals surface area (Å²) in [6, 6.07) is 11.6. The molecule has 2 aromatic heterocycles. The van der Waals surface area contributed by atoms with Gasteiger partial charge in [-0.2, -0.15) is 0 Å². The molecule has 3 heterocycles. The van der Waals surface area contributed by atoms with Crippen molar-refractivity contribution >= 4 is 68.2 Å². The van der Waals surface area contributed by atoms with Crippen molar-refractivity contribution in [1.29, 1.82) is 0 Å². The highest BCUT2D eigenvalue weighted by atomic mass is 32.2. The van der Waals surface area contributed by atoms with Crippen molar-refractivity contribution in [3.8, 4) is 0 Å². The van der Waals surface area contributed by atoms with Crippen LogP contribution in [0.15, 0.2) is 58.0 Å². The molecule has 0 unspecified atom stereocenters. The van der Waals surface area contributed by atoms with Gasteiger partial charge >= 0.3 is 0 Å². The summed E-state index contributed by atoms with van der Waals surface area (Å²) in [7, 11) is 0. The van der Waals surface area contributed by atoms with E-state index in [-0.39, 0.29) is 30.1 Å². The van der Waals surface area contributed by atoms with Gasteiger partial charge in [0.1, 0.15) is 0 Å². The maximum atomic E-state index is 12.5. The van der Waals surface area contributed by atoms with Crippen LogP contribution in [0.2, 0.25) is 0 Å². The molecule has 3 amide bonds. The standard InChI is InChI=1S/C22H20N4O3S3/c27-19(8-4-12-30-21-25-16-6-1-2-7-17(16)31-21)24-10-11-26-20(28)18(32-22(26)29)13-15-5-3-9-23-14-15/h1-3,5-7,9,13-14H,4,8,10-12H2,(H,24,27)/b18-13+. The molecule has 1 N–H and O–H groups in total. The molecule has 164 valence electrons. The molecule has 7 nitrogen and oxygen atoms in total. The lowest BCUT2D eigenvalue weighted by Crippen LogP contribution is -2.37. The average Bonchev–Trinajstić information content (AvgIpc) is 3.33. The molecule has 1 saturated heterocycles. The lowest BCUT2D eigenvalue weighted by atomic mass is 10.2. The SMILES string of the molecule is O=C(CCCSc1nc2ccccc2s1)NCCN1C(=O)S/C(=C/c2cccnc2)C1=O. The summed E-state index contributed by atoms with van der Waals surface area (Å²) in [5.74, 6) is 0.369. The van der Waals surface area contributed by atoms with Gasteiger partial charge in [-0.25, -0.2) is 4.98 Å². The molecule has 10 heteroatoms. The summed E-state index contributed by atoms with van der Waals surface area (Å²) < 4.78 is 2.17. The summed E-state index contributed by atoms with van der Waals surface area (Å²) in [6.07, 6.45) is 6.04. The number of carbonyl (C=O) groups excluding carboxylic acids is 3. The van der Waals surface area contributed by atoms with E-state index in [0.717, 1.165) is 49.0 Å². The molecule has 0 spiro atoms. The smallest absolute Gasteiger partial charge is 0.293 e. The van der Waals surface area contributed by atoms with E-state index in [4.69, 9.17) is 0 Å². The number of nitrogens with zero attached hydrogens (tertiary/aromatic N) is 3. The van der Waals surface area contributed by atoms with Crippen molar-refractivity contribution in [2.45, 2.75) is 17.2 Å². The van der Waals surface area contributed by atoms with E-state index in [9.17, 15) is 14.4 Å². The topological polar surface area (TPSA) is 92.3 Å². The molecule has 3 aromatic rings. The second-order valence-corrected chi connectivity index (χ2v) is 10.2. The Morgan fingerprint density at radius 2 is 2.06 bits per heavy atom. The molecule has 0 aliphatic carbocycles. The summed E-state index contributed by atoms with van der Waals surface area (Å²) in [4.78, 5) is 46.8. The van der Waals surface area contributed by atoms with Crippen molar-refractivity contribution in [2.24, 2.45) is 0 Å². The van der Waals surface area contributed by atoms with E-state index in [2.05, 4.69) is 21.4 Å². The predicted molar refractivity (Wildman–Crippen MR) is 130 cm³/mol. The molecule has 0 atom stereocenters. The fourth-order valence-electron chi connectivity index (χ4n) is 3.01. The number of rotatable bonds is 9. The largest absolute Gasteiger partial charge is 0.354 e. The van der Waals surface area contributed by atoms with E-state index in [1.54, 1.807) is 47.6 Å². The van der Waals surface area contributed by atoms with Crippen LogP contribution in [0.5, 0.6) is 0 Å². The summed E-state index contributed by atoms with van der Waals surface area (Å²) in [5, 5.41) is 2.46. The lowest BCUT2D eigenvalue weighted by Gasteiger charge is -2.12. The number of para-hydroxylation sites is 1. The van der Waals surface area contributed by atoms with Gasteiger partial charge in [0.05, 0.1) is 15.1 Å². The van der Waals surface area contributed by atoms with Crippen LogP contribution in [0, 0.1) is 0 Å². The fourth-order valence-corrected chi connectivity index (χ4v) is 5.95. The zero-order valence-corrected chi connectivity index (χ0v) is 19.5. The first kappa shape index (κ1) is 22.5. The average molecular weight is 485 g/mol. The van der Waals surface area contributed by atoms with E-state index >= 15 is 0 Å². The van der Waals surface area contributed by atoms with Crippen LogP contribution in [-0.2, 0) is 9.59 Å². The number of benzene rings is 1. The number of hydrogen-bond acceptors (Lipinski definition) is 8. The highest BCUT2D eigenvalue weighted by Crippen LogP contribution is 2.32. The Labute approximate surface area is 197 Å². The molecule has 4 rings (SSSR count). The number of thiazole rings is 1. The van der Waals surface area contributed by atoms with Gasteiger partial charge in [-0.05, 0) is 48.0 Å². The second kappa shape index (κ2) is 10.8. The Bertz CT molecular complexity index is 1130. The lowest BCUT2D eigenvalue weighted by molar-refractivity contribution is -0.124. The quantitative estimate of drug-likeness (QED) is 0.273. The first-order chi connectivity index (χ1) is 15.6. The third kappa shape index (κ3) is 5.76. The van der Waals surface area contributed by atoms with Crippen LogP contribution in [0.1, 0.15) is 18.4 Å². The molecule has 0 radical (unpaired) electrons. The predicted octanol–water partition coefficient (Wildman–Crippen LogP) is 4.42. The maximum Gasteiger partial charge on any atom is 0.293 e. The van der Waals surface area contributed by atoms with Gasteiger partial charge in [0.25, 0.3) is 11.1 Å². The summed E-state index contributed by atoms with van der Waals surface area (Å²) in [5.41, 5.74) is 1.76. The van der Waals surface area contributed by atoms with Crippen molar-refractivity contribution in [1.82, 2.24) is 20.2 Å². The van der Waals surface area contributed by atoms with E-state index in [0.29, 0.717) is 11.3 Å². The van der Waals surface area contributed by atoms with Crippen molar-refractivity contribution in [3.63, 3.8) is 0 Å². The monoisotopic (exact) mass is 484 g/mol. The highest BCUT2D eigenvalue weighted by Gasteiger charge is 2.34. The Hall–Kier alpha value is -2.69. The third-order valence-electron chi connectivity index (χ3n) is 4.56. The number of carbonyl (C=O) groups is 3. The molecule has 0 bridgehead atoms. The van der Waals surface area contributed by atoms with Crippen LogP contribution in [0.3, 0.4) is 0 Å².